The van der Waals surface area contributed by atoms with Crippen molar-refractivity contribution >= 4 is 28.3 Å². The first-order chi connectivity index (χ1) is 15.9. The fourth-order valence-electron chi connectivity index (χ4n) is 3.88. The van der Waals surface area contributed by atoms with Gasteiger partial charge in [-0.15, -0.1) is 0 Å². The molecule has 33 heavy (non-hydrogen) atoms. The third kappa shape index (κ3) is 4.62. The summed E-state index contributed by atoms with van der Waals surface area (Å²) in [6, 6.07) is 20.1. The molecule has 0 spiro atoms. The molecule has 0 aliphatic heterocycles. The van der Waals surface area contributed by atoms with Gasteiger partial charge >= 0.3 is 0 Å². The van der Waals surface area contributed by atoms with Crippen LogP contribution in [-0.4, -0.2) is 16.3 Å². The molecule has 0 aliphatic carbocycles. The van der Waals surface area contributed by atoms with Crippen molar-refractivity contribution < 1.29 is 9.59 Å². The topological polar surface area (TPSA) is 68.2 Å². The predicted octanol–water partition coefficient (Wildman–Crippen LogP) is 5.05. The molecule has 0 fully saturated rings. The lowest BCUT2D eigenvalue weighted by molar-refractivity contribution is -0.116. The molecule has 166 valence electrons. The second kappa shape index (κ2) is 9.25. The van der Waals surface area contributed by atoms with Crippen LogP contribution in [0.1, 0.15) is 39.5 Å². The second-order valence-corrected chi connectivity index (χ2v) is 8.25. The van der Waals surface area contributed by atoms with Crippen LogP contribution in [0.5, 0.6) is 0 Å². The average molecular weight is 439 g/mol. The van der Waals surface area contributed by atoms with Crippen molar-refractivity contribution in [3.8, 4) is 0 Å². The van der Waals surface area contributed by atoms with E-state index in [1.165, 1.54) is 6.20 Å². The van der Waals surface area contributed by atoms with Crippen LogP contribution in [0.2, 0.25) is 0 Å². The SMILES string of the molecule is CCc1ccc2c(c1)c(=O)c(C(=O)c1ccccc1)cn2CC(=O)Nc1ccc(C)c(C)c1. The summed E-state index contributed by atoms with van der Waals surface area (Å²) in [6.07, 6.45) is 2.27. The van der Waals surface area contributed by atoms with Gasteiger partial charge in [0.1, 0.15) is 6.54 Å². The van der Waals surface area contributed by atoms with Gasteiger partial charge < -0.3 is 9.88 Å². The lowest BCUT2D eigenvalue weighted by atomic mass is 10.0. The number of benzene rings is 3. The Balaban J connectivity index is 1.76. The number of anilines is 1. The number of amides is 1. The Morgan fingerprint density at radius 2 is 1.67 bits per heavy atom. The van der Waals surface area contributed by atoms with E-state index in [1.54, 1.807) is 28.8 Å². The van der Waals surface area contributed by atoms with E-state index in [0.717, 1.165) is 23.1 Å². The van der Waals surface area contributed by atoms with Crippen molar-refractivity contribution in [3.63, 3.8) is 0 Å². The fraction of sp³-hybridized carbons (Fsp3) is 0.179. The number of aryl methyl sites for hydroxylation is 3. The first kappa shape index (κ1) is 22.2. The Labute approximate surface area is 192 Å². The minimum absolute atomic E-state index is 0.0236. The van der Waals surface area contributed by atoms with E-state index in [-0.39, 0.29) is 29.2 Å². The third-order valence-electron chi connectivity index (χ3n) is 5.94. The summed E-state index contributed by atoms with van der Waals surface area (Å²) in [7, 11) is 0. The maximum absolute atomic E-state index is 13.3. The first-order valence-corrected chi connectivity index (χ1v) is 11.0. The Hall–Kier alpha value is -3.99. The van der Waals surface area contributed by atoms with Gasteiger partial charge in [-0.25, -0.2) is 0 Å². The lowest BCUT2D eigenvalue weighted by Gasteiger charge is -2.15. The van der Waals surface area contributed by atoms with Crippen molar-refractivity contribution in [1.29, 1.82) is 0 Å². The number of ketones is 1. The zero-order chi connectivity index (χ0) is 23.5. The van der Waals surface area contributed by atoms with E-state index in [1.807, 2.05) is 63.2 Å². The number of rotatable bonds is 6. The number of carbonyl (C=O) groups excluding carboxylic acids is 2. The Kier molecular flexibility index (Phi) is 6.22. The summed E-state index contributed by atoms with van der Waals surface area (Å²) in [5.74, 6) is -0.589. The molecule has 5 nitrogen and oxygen atoms in total. The molecule has 0 aliphatic rings. The molecule has 0 saturated carbocycles. The minimum Gasteiger partial charge on any atom is -0.337 e. The highest BCUT2D eigenvalue weighted by atomic mass is 16.2. The highest BCUT2D eigenvalue weighted by Crippen LogP contribution is 2.18. The van der Waals surface area contributed by atoms with Crippen LogP contribution in [0, 0.1) is 13.8 Å². The van der Waals surface area contributed by atoms with Crippen LogP contribution in [0.25, 0.3) is 10.9 Å². The third-order valence-corrected chi connectivity index (χ3v) is 5.94. The molecule has 4 aromatic rings. The van der Waals surface area contributed by atoms with Gasteiger partial charge in [-0.3, -0.25) is 14.4 Å². The molecule has 3 aromatic carbocycles. The fourth-order valence-corrected chi connectivity index (χ4v) is 3.88. The van der Waals surface area contributed by atoms with Gasteiger partial charge in [0.05, 0.1) is 11.1 Å². The summed E-state index contributed by atoms with van der Waals surface area (Å²) < 4.78 is 1.68. The molecule has 0 atom stereocenters. The van der Waals surface area contributed by atoms with Gasteiger partial charge in [0, 0.05) is 22.8 Å². The molecule has 1 heterocycles. The van der Waals surface area contributed by atoms with Gasteiger partial charge in [-0.2, -0.15) is 0 Å². The van der Waals surface area contributed by atoms with Gasteiger partial charge in [-0.1, -0.05) is 49.4 Å². The van der Waals surface area contributed by atoms with Crippen molar-refractivity contribution in [1.82, 2.24) is 4.57 Å². The molecule has 5 heteroatoms. The summed E-state index contributed by atoms with van der Waals surface area (Å²) >= 11 is 0. The van der Waals surface area contributed by atoms with Gasteiger partial charge in [0.2, 0.25) is 11.3 Å². The van der Waals surface area contributed by atoms with Crippen LogP contribution >= 0.6 is 0 Å². The van der Waals surface area contributed by atoms with Crippen LogP contribution in [0.3, 0.4) is 0 Å². The number of hydrogen-bond donors (Lipinski definition) is 1. The van der Waals surface area contributed by atoms with Gasteiger partial charge in [-0.05, 0) is 61.2 Å². The predicted molar refractivity (Wildman–Crippen MR) is 132 cm³/mol. The number of nitrogens with one attached hydrogen (secondary N) is 1. The van der Waals surface area contributed by atoms with E-state index in [4.69, 9.17) is 0 Å². The minimum atomic E-state index is -0.354. The number of pyridine rings is 1. The maximum atomic E-state index is 13.3. The summed E-state index contributed by atoms with van der Waals surface area (Å²) in [5, 5.41) is 3.36. The number of carbonyl (C=O) groups is 2. The van der Waals surface area contributed by atoms with E-state index in [0.29, 0.717) is 22.2 Å². The van der Waals surface area contributed by atoms with E-state index >= 15 is 0 Å². The van der Waals surface area contributed by atoms with Gasteiger partial charge in [0.25, 0.3) is 0 Å². The smallest absolute Gasteiger partial charge is 0.244 e. The van der Waals surface area contributed by atoms with Crippen molar-refractivity contribution in [3.05, 3.63) is 111 Å². The Morgan fingerprint density at radius 1 is 0.909 bits per heavy atom. The molecular weight excluding hydrogens is 412 g/mol. The van der Waals surface area contributed by atoms with Crippen LogP contribution in [0.15, 0.2) is 77.7 Å². The zero-order valence-corrected chi connectivity index (χ0v) is 19.0. The number of aromatic nitrogens is 1. The Bertz CT molecular complexity index is 1420. The highest BCUT2D eigenvalue weighted by Gasteiger charge is 2.18. The quantitative estimate of drug-likeness (QED) is 0.428. The first-order valence-electron chi connectivity index (χ1n) is 11.0. The molecule has 1 N–H and O–H groups in total. The molecule has 0 saturated heterocycles. The van der Waals surface area contributed by atoms with Crippen molar-refractivity contribution in [2.24, 2.45) is 0 Å². The van der Waals surface area contributed by atoms with E-state index < -0.39 is 0 Å². The van der Waals surface area contributed by atoms with Crippen LogP contribution < -0.4 is 10.7 Å². The monoisotopic (exact) mass is 438 g/mol. The average Bonchev–Trinajstić information content (AvgIpc) is 2.83. The maximum Gasteiger partial charge on any atom is 0.244 e. The standard InChI is InChI=1S/C28H26N2O3/c1-4-20-11-13-25-23(15-20)28(33)24(27(32)21-8-6-5-7-9-21)16-30(25)17-26(31)29-22-12-10-18(2)19(3)14-22/h5-16H,4,17H2,1-3H3,(H,29,31). The van der Waals surface area contributed by atoms with Crippen molar-refractivity contribution in [2.75, 3.05) is 5.32 Å². The largest absolute Gasteiger partial charge is 0.337 e. The summed E-state index contributed by atoms with van der Waals surface area (Å²) in [6.45, 7) is 6.00. The number of hydrogen-bond acceptors (Lipinski definition) is 3. The molecular formula is C28H26N2O3. The molecule has 0 bridgehead atoms. The Morgan fingerprint density at radius 3 is 2.36 bits per heavy atom. The van der Waals surface area contributed by atoms with Crippen molar-refractivity contribution in [2.45, 2.75) is 33.7 Å². The van der Waals surface area contributed by atoms with E-state index in [9.17, 15) is 14.4 Å². The summed E-state index contributed by atoms with van der Waals surface area (Å²) in [5.41, 5.74) is 4.74. The zero-order valence-electron chi connectivity index (χ0n) is 19.0. The lowest BCUT2D eigenvalue weighted by Crippen LogP contribution is -2.24. The normalized spacial score (nSPS) is 10.9. The second-order valence-electron chi connectivity index (χ2n) is 8.25. The number of nitrogens with zero attached hydrogens (tertiary/aromatic N) is 1. The molecule has 1 aromatic heterocycles. The van der Waals surface area contributed by atoms with Crippen LogP contribution in [0.4, 0.5) is 5.69 Å². The summed E-state index contributed by atoms with van der Waals surface area (Å²) in [4.78, 5) is 39.3. The van der Waals surface area contributed by atoms with E-state index in [2.05, 4.69) is 5.32 Å². The number of fused-ring (bicyclic) bond motifs is 1. The molecule has 1 amide bonds. The molecule has 4 rings (SSSR count). The molecule has 0 unspecified atom stereocenters. The molecule has 0 radical (unpaired) electrons. The highest BCUT2D eigenvalue weighted by molar-refractivity contribution is 6.10. The van der Waals surface area contributed by atoms with Gasteiger partial charge in [0.15, 0.2) is 5.78 Å². The van der Waals surface area contributed by atoms with Crippen LogP contribution in [-0.2, 0) is 17.8 Å².